The summed E-state index contributed by atoms with van der Waals surface area (Å²) in [7, 11) is 1.52. The second-order valence-corrected chi connectivity index (χ2v) is 3.75. The van der Waals surface area contributed by atoms with E-state index in [1.807, 2.05) is 0 Å². The molecule has 1 aromatic heterocycles. The van der Waals surface area contributed by atoms with E-state index in [0.29, 0.717) is 18.4 Å². The van der Waals surface area contributed by atoms with Gasteiger partial charge in [0, 0.05) is 19.7 Å². The second kappa shape index (κ2) is 8.46. The maximum Gasteiger partial charge on any atom is 0.322 e. The Labute approximate surface area is 107 Å². The van der Waals surface area contributed by atoms with Crippen molar-refractivity contribution in [3.8, 4) is 6.01 Å². The third-order valence-corrected chi connectivity index (χ3v) is 2.20. The minimum atomic E-state index is 0.200. The van der Waals surface area contributed by atoms with Crippen LogP contribution in [0.4, 0.5) is 11.9 Å². The standard InChI is InChI=1S/C11H21N5O2/c1-3-6-12-9-14-10(13-7-4-5-8-17)16-11(15-9)18-2/h17H,3-8H2,1-2H3,(H2,12,13,14,15,16). The lowest BCUT2D eigenvalue weighted by atomic mass is 10.3. The quantitative estimate of drug-likeness (QED) is 0.564. The Kier molecular flexibility index (Phi) is 6.78. The minimum absolute atomic E-state index is 0.200. The molecule has 0 spiro atoms. The first-order valence-corrected chi connectivity index (χ1v) is 6.18. The van der Waals surface area contributed by atoms with Crippen LogP contribution in [0.2, 0.25) is 0 Å². The molecular formula is C11H21N5O2. The van der Waals surface area contributed by atoms with Gasteiger partial charge in [-0.1, -0.05) is 6.92 Å². The molecule has 3 N–H and O–H groups in total. The Hall–Kier alpha value is -1.63. The lowest BCUT2D eigenvalue weighted by Crippen LogP contribution is -2.11. The summed E-state index contributed by atoms with van der Waals surface area (Å²) in [6.45, 7) is 3.78. The van der Waals surface area contributed by atoms with Crippen LogP contribution in [-0.4, -0.2) is 46.9 Å². The van der Waals surface area contributed by atoms with E-state index in [2.05, 4.69) is 32.5 Å². The van der Waals surface area contributed by atoms with Crippen molar-refractivity contribution in [1.82, 2.24) is 15.0 Å². The molecule has 102 valence electrons. The Morgan fingerprint density at radius 3 is 2.28 bits per heavy atom. The maximum absolute atomic E-state index is 8.69. The van der Waals surface area contributed by atoms with E-state index < -0.39 is 0 Å². The summed E-state index contributed by atoms with van der Waals surface area (Å²) in [5, 5.41) is 14.9. The number of nitrogens with one attached hydrogen (secondary N) is 2. The highest BCUT2D eigenvalue weighted by molar-refractivity contribution is 5.35. The van der Waals surface area contributed by atoms with Crippen molar-refractivity contribution in [2.24, 2.45) is 0 Å². The number of methoxy groups -OCH3 is 1. The molecule has 0 aromatic carbocycles. The zero-order valence-electron chi connectivity index (χ0n) is 10.9. The molecule has 0 saturated carbocycles. The van der Waals surface area contributed by atoms with Crippen LogP contribution >= 0.6 is 0 Å². The van der Waals surface area contributed by atoms with E-state index in [0.717, 1.165) is 25.8 Å². The molecule has 0 aliphatic rings. The summed E-state index contributed by atoms with van der Waals surface area (Å²) in [6.07, 6.45) is 2.62. The van der Waals surface area contributed by atoms with Gasteiger partial charge in [0.05, 0.1) is 7.11 Å². The summed E-state index contributed by atoms with van der Waals surface area (Å²) < 4.78 is 5.02. The first kappa shape index (κ1) is 14.4. The topological polar surface area (TPSA) is 92.2 Å². The second-order valence-electron chi connectivity index (χ2n) is 3.75. The lowest BCUT2D eigenvalue weighted by Gasteiger charge is -2.08. The Morgan fingerprint density at radius 2 is 1.72 bits per heavy atom. The molecule has 0 unspecified atom stereocenters. The molecule has 0 fully saturated rings. The van der Waals surface area contributed by atoms with Crippen LogP contribution in [0.25, 0.3) is 0 Å². The Morgan fingerprint density at radius 1 is 1.06 bits per heavy atom. The number of hydrogen-bond acceptors (Lipinski definition) is 7. The lowest BCUT2D eigenvalue weighted by molar-refractivity contribution is 0.286. The number of aromatic nitrogens is 3. The monoisotopic (exact) mass is 255 g/mol. The van der Waals surface area contributed by atoms with Crippen LogP contribution in [0.3, 0.4) is 0 Å². The average Bonchev–Trinajstić information content (AvgIpc) is 2.41. The van der Waals surface area contributed by atoms with Crippen molar-refractivity contribution in [1.29, 1.82) is 0 Å². The zero-order chi connectivity index (χ0) is 13.2. The Balaban J connectivity index is 2.58. The molecule has 1 rings (SSSR count). The number of rotatable bonds is 9. The number of aliphatic hydroxyl groups excluding tert-OH is 1. The van der Waals surface area contributed by atoms with Crippen molar-refractivity contribution in [2.75, 3.05) is 37.4 Å². The first-order valence-electron chi connectivity index (χ1n) is 6.18. The van der Waals surface area contributed by atoms with Crippen LogP contribution in [0.5, 0.6) is 6.01 Å². The molecule has 0 saturated heterocycles. The molecule has 0 atom stereocenters. The molecule has 1 heterocycles. The van der Waals surface area contributed by atoms with Gasteiger partial charge < -0.3 is 20.5 Å². The highest BCUT2D eigenvalue weighted by Crippen LogP contribution is 2.10. The molecular weight excluding hydrogens is 234 g/mol. The molecule has 0 aliphatic heterocycles. The molecule has 0 aliphatic carbocycles. The third kappa shape index (κ3) is 5.13. The summed E-state index contributed by atoms with van der Waals surface area (Å²) in [5.41, 5.74) is 0. The normalized spacial score (nSPS) is 10.2. The van der Waals surface area contributed by atoms with Gasteiger partial charge in [-0.3, -0.25) is 0 Å². The fourth-order valence-electron chi connectivity index (χ4n) is 1.28. The number of hydrogen-bond donors (Lipinski definition) is 3. The summed E-state index contributed by atoms with van der Waals surface area (Å²) >= 11 is 0. The van der Waals surface area contributed by atoms with Crippen LogP contribution in [0.15, 0.2) is 0 Å². The van der Waals surface area contributed by atoms with Gasteiger partial charge in [-0.15, -0.1) is 0 Å². The predicted molar refractivity (Wildman–Crippen MR) is 70.0 cm³/mol. The number of nitrogens with zero attached hydrogens (tertiary/aromatic N) is 3. The highest BCUT2D eigenvalue weighted by Gasteiger charge is 2.05. The molecule has 0 amide bonds. The minimum Gasteiger partial charge on any atom is -0.467 e. The van der Waals surface area contributed by atoms with Crippen molar-refractivity contribution in [3.63, 3.8) is 0 Å². The van der Waals surface area contributed by atoms with E-state index in [9.17, 15) is 0 Å². The van der Waals surface area contributed by atoms with Crippen molar-refractivity contribution >= 4 is 11.9 Å². The predicted octanol–water partition coefficient (Wildman–Crippen LogP) is 0.886. The van der Waals surface area contributed by atoms with E-state index in [-0.39, 0.29) is 12.6 Å². The van der Waals surface area contributed by atoms with Gasteiger partial charge in [-0.25, -0.2) is 0 Å². The molecule has 7 heteroatoms. The highest BCUT2D eigenvalue weighted by atomic mass is 16.5. The average molecular weight is 255 g/mol. The number of ether oxygens (including phenoxy) is 1. The van der Waals surface area contributed by atoms with E-state index in [4.69, 9.17) is 9.84 Å². The summed E-state index contributed by atoms with van der Waals surface area (Å²) in [4.78, 5) is 12.4. The molecule has 1 aromatic rings. The fraction of sp³-hybridized carbons (Fsp3) is 0.727. The smallest absolute Gasteiger partial charge is 0.322 e. The van der Waals surface area contributed by atoms with E-state index >= 15 is 0 Å². The number of anilines is 2. The number of unbranched alkanes of at least 4 members (excludes halogenated alkanes) is 1. The van der Waals surface area contributed by atoms with Gasteiger partial charge >= 0.3 is 6.01 Å². The van der Waals surface area contributed by atoms with Crippen LogP contribution in [-0.2, 0) is 0 Å². The van der Waals surface area contributed by atoms with Crippen molar-refractivity contribution in [3.05, 3.63) is 0 Å². The van der Waals surface area contributed by atoms with Crippen molar-refractivity contribution < 1.29 is 9.84 Å². The maximum atomic E-state index is 8.69. The van der Waals surface area contributed by atoms with Gasteiger partial charge in [0.2, 0.25) is 11.9 Å². The molecule has 7 nitrogen and oxygen atoms in total. The first-order chi connectivity index (χ1) is 8.80. The van der Waals surface area contributed by atoms with E-state index in [1.54, 1.807) is 0 Å². The molecule has 0 radical (unpaired) electrons. The number of aliphatic hydroxyl groups is 1. The third-order valence-electron chi connectivity index (χ3n) is 2.20. The van der Waals surface area contributed by atoms with Crippen LogP contribution in [0, 0.1) is 0 Å². The molecule has 18 heavy (non-hydrogen) atoms. The summed E-state index contributed by atoms with van der Waals surface area (Å²) in [6, 6.07) is 0.285. The van der Waals surface area contributed by atoms with Crippen LogP contribution < -0.4 is 15.4 Å². The SMILES string of the molecule is CCCNc1nc(NCCCCO)nc(OC)n1. The van der Waals surface area contributed by atoms with Crippen LogP contribution in [0.1, 0.15) is 26.2 Å². The van der Waals surface area contributed by atoms with Gasteiger partial charge in [0.1, 0.15) is 0 Å². The zero-order valence-corrected chi connectivity index (χ0v) is 10.9. The summed E-state index contributed by atoms with van der Waals surface area (Å²) in [5.74, 6) is 0.992. The van der Waals surface area contributed by atoms with Gasteiger partial charge in [-0.05, 0) is 19.3 Å². The van der Waals surface area contributed by atoms with Gasteiger partial charge in [0.15, 0.2) is 0 Å². The Bertz CT molecular complexity index is 348. The van der Waals surface area contributed by atoms with Gasteiger partial charge in [0.25, 0.3) is 0 Å². The van der Waals surface area contributed by atoms with Crippen molar-refractivity contribution in [2.45, 2.75) is 26.2 Å². The van der Waals surface area contributed by atoms with E-state index in [1.165, 1.54) is 7.11 Å². The molecule has 0 bridgehead atoms. The fourth-order valence-corrected chi connectivity index (χ4v) is 1.28. The largest absolute Gasteiger partial charge is 0.467 e. The van der Waals surface area contributed by atoms with Gasteiger partial charge in [-0.2, -0.15) is 15.0 Å².